The monoisotopic (exact) mass is 429 g/mol. The van der Waals surface area contributed by atoms with Gasteiger partial charge in [-0.3, -0.25) is 0 Å². The largest absolute Gasteiger partial charge is 0.479 e. The number of carboxylic acids is 1. The summed E-state index contributed by atoms with van der Waals surface area (Å²) in [6.07, 6.45) is -1.29. The zero-order chi connectivity index (χ0) is 22.5. The fourth-order valence-electron chi connectivity index (χ4n) is 2.82. The van der Waals surface area contributed by atoms with E-state index in [0.29, 0.717) is 12.6 Å². The first-order chi connectivity index (χ1) is 14.8. The van der Waals surface area contributed by atoms with Crippen molar-refractivity contribution in [3.63, 3.8) is 0 Å². The Morgan fingerprint density at radius 1 is 1.10 bits per heavy atom. The molecular formula is C22H21F2N3O4. The van der Waals surface area contributed by atoms with E-state index in [0.717, 1.165) is 16.7 Å². The van der Waals surface area contributed by atoms with Crippen LogP contribution in [-0.2, 0) is 11.3 Å². The number of carboxylic acid groups (broad SMARTS) is 1. The summed E-state index contributed by atoms with van der Waals surface area (Å²) in [5, 5.41) is 9.09. The van der Waals surface area contributed by atoms with Crippen molar-refractivity contribution >= 4 is 11.7 Å². The summed E-state index contributed by atoms with van der Waals surface area (Å²) in [7, 11) is 0. The first-order valence-corrected chi connectivity index (χ1v) is 9.44. The highest BCUT2D eigenvalue weighted by molar-refractivity contribution is 5.72. The maximum absolute atomic E-state index is 14.3. The lowest BCUT2D eigenvalue weighted by atomic mass is 10.0. The number of aromatic nitrogens is 1. The summed E-state index contributed by atoms with van der Waals surface area (Å²) < 4.78 is 38.9. The zero-order valence-corrected chi connectivity index (χ0v) is 16.6. The van der Waals surface area contributed by atoms with Crippen LogP contribution in [0.3, 0.4) is 0 Å². The van der Waals surface area contributed by atoms with Crippen LogP contribution in [-0.4, -0.2) is 22.2 Å². The molecule has 3 aromatic rings. The fraction of sp³-hybridized carbons (Fsp3) is 0.182. The SMILES string of the molecule is CC[C@@H](Oc1nc(Oc2cc(-c3cccc(CN)c3)ccc2N)c(F)cc1F)C(=O)O. The number of halogens is 2. The molecule has 0 fully saturated rings. The molecule has 1 atom stereocenters. The molecule has 0 aliphatic heterocycles. The van der Waals surface area contributed by atoms with E-state index >= 15 is 0 Å². The number of carbonyl (C=O) groups is 1. The Morgan fingerprint density at radius 3 is 2.48 bits per heavy atom. The zero-order valence-electron chi connectivity index (χ0n) is 16.6. The maximum Gasteiger partial charge on any atom is 0.344 e. The van der Waals surface area contributed by atoms with Gasteiger partial charge in [0, 0.05) is 12.6 Å². The van der Waals surface area contributed by atoms with Gasteiger partial charge in [-0.25, -0.2) is 13.6 Å². The van der Waals surface area contributed by atoms with E-state index in [1.807, 2.05) is 24.3 Å². The standard InChI is InChI=1S/C22H21F2N3O4/c1-2-18(22(28)29)30-20-15(23)10-16(24)21(27-20)31-19-9-14(6-7-17(19)26)13-5-3-4-12(8-13)11-25/h3-10,18H,2,11,25-26H2,1H3,(H,28,29)/t18-/m1/s1. The molecule has 0 saturated carbocycles. The third-order valence-electron chi connectivity index (χ3n) is 4.48. The lowest BCUT2D eigenvalue weighted by Crippen LogP contribution is -2.26. The molecule has 1 heterocycles. The number of benzene rings is 2. The minimum atomic E-state index is -1.34. The number of anilines is 1. The number of pyridine rings is 1. The van der Waals surface area contributed by atoms with Crippen molar-refractivity contribution in [2.45, 2.75) is 26.0 Å². The molecule has 0 spiro atoms. The number of aliphatic carboxylic acids is 1. The van der Waals surface area contributed by atoms with E-state index < -0.39 is 35.5 Å². The smallest absolute Gasteiger partial charge is 0.344 e. The van der Waals surface area contributed by atoms with Crippen LogP contribution in [0.25, 0.3) is 11.1 Å². The molecule has 9 heteroatoms. The van der Waals surface area contributed by atoms with Crippen LogP contribution in [0.4, 0.5) is 14.5 Å². The van der Waals surface area contributed by atoms with Gasteiger partial charge in [0.05, 0.1) is 5.69 Å². The van der Waals surface area contributed by atoms with Crippen LogP contribution in [0.15, 0.2) is 48.5 Å². The van der Waals surface area contributed by atoms with Crippen molar-refractivity contribution in [2.75, 3.05) is 5.73 Å². The predicted molar refractivity (Wildman–Crippen MR) is 111 cm³/mol. The second-order valence-electron chi connectivity index (χ2n) is 6.67. The van der Waals surface area contributed by atoms with Crippen molar-refractivity contribution in [2.24, 2.45) is 5.73 Å². The molecular weight excluding hydrogens is 408 g/mol. The Bertz CT molecular complexity index is 1110. The van der Waals surface area contributed by atoms with E-state index in [9.17, 15) is 13.6 Å². The Morgan fingerprint density at radius 2 is 1.81 bits per heavy atom. The molecule has 2 aromatic carbocycles. The normalized spacial score (nSPS) is 11.7. The highest BCUT2D eigenvalue weighted by Gasteiger charge is 2.22. The van der Waals surface area contributed by atoms with Gasteiger partial charge in [-0.1, -0.05) is 31.2 Å². The Labute approximate surface area is 177 Å². The van der Waals surface area contributed by atoms with Crippen molar-refractivity contribution < 1.29 is 28.2 Å². The number of hydrogen-bond acceptors (Lipinski definition) is 6. The molecule has 7 nitrogen and oxygen atoms in total. The van der Waals surface area contributed by atoms with Crippen LogP contribution in [0.1, 0.15) is 18.9 Å². The summed E-state index contributed by atoms with van der Waals surface area (Å²) in [6, 6.07) is 12.9. The highest BCUT2D eigenvalue weighted by atomic mass is 19.1. The molecule has 0 unspecified atom stereocenters. The Balaban J connectivity index is 1.94. The molecule has 31 heavy (non-hydrogen) atoms. The fourth-order valence-corrected chi connectivity index (χ4v) is 2.82. The Hall–Kier alpha value is -3.72. The lowest BCUT2D eigenvalue weighted by molar-refractivity contribution is -0.145. The molecule has 0 radical (unpaired) electrons. The van der Waals surface area contributed by atoms with E-state index in [1.54, 1.807) is 25.1 Å². The number of nitrogen functional groups attached to an aromatic ring is 1. The van der Waals surface area contributed by atoms with Crippen molar-refractivity contribution in [1.82, 2.24) is 4.98 Å². The van der Waals surface area contributed by atoms with E-state index in [-0.39, 0.29) is 17.9 Å². The predicted octanol–water partition coefficient (Wildman–Crippen LogP) is 4.10. The van der Waals surface area contributed by atoms with Crippen LogP contribution in [0, 0.1) is 11.6 Å². The topological polar surface area (TPSA) is 121 Å². The summed E-state index contributed by atoms with van der Waals surface area (Å²) in [4.78, 5) is 14.8. The average molecular weight is 429 g/mol. The van der Waals surface area contributed by atoms with Crippen LogP contribution < -0.4 is 20.9 Å². The molecule has 1 aromatic heterocycles. The van der Waals surface area contributed by atoms with Gasteiger partial charge in [0.25, 0.3) is 11.8 Å². The highest BCUT2D eigenvalue weighted by Crippen LogP contribution is 2.34. The van der Waals surface area contributed by atoms with Gasteiger partial charge in [-0.15, -0.1) is 0 Å². The van der Waals surface area contributed by atoms with Crippen LogP contribution in [0.2, 0.25) is 0 Å². The number of rotatable bonds is 8. The lowest BCUT2D eigenvalue weighted by Gasteiger charge is -2.15. The number of ether oxygens (including phenoxy) is 2. The van der Waals surface area contributed by atoms with E-state index in [2.05, 4.69) is 4.98 Å². The maximum atomic E-state index is 14.3. The van der Waals surface area contributed by atoms with E-state index in [4.69, 9.17) is 26.0 Å². The first kappa shape index (κ1) is 22.0. The number of nitrogens with zero attached hydrogens (tertiary/aromatic N) is 1. The van der Waals surface area contributed by atoms with Gasteiger partial charge in [0.1, 0.15) is 0 Å². The van der Waals surface area contributed by atoms with Crippen LogP contribution in [0.5, 0.6) is 17.5 Å². The molecule has 0 saturated heterocycles. The van der Waals surface area contributed by atoms with Gasteiger partial charge in [0.2, 0.25) is 0 Å². The molecule has 162 valence electrons. The van der Waals surface area contributed by atoms with E-state index in [1.165, 1.54) is 0 Å². The minimum Gasteiger partial charge on any atom is -0.479 e. The Kier molecular flexibility index (Phi) is 6.66. The van der Waals surface area contributed by atoms with Crippen LogP contribution >= 0.6 is 0 Å². The molecule has 0 bridgehead atoms. The first-order valence-electron chi connectivity index (χ1n) is 9.44. The minimum absolute atomic E-state index is 0.0564. The van der Waals surface area contributed by atoms with Gasteiger partial charge >= 0.3 is 5.97 Å². The third kappa shape index (κ3) is 5.07. The summed E-state index contributed by atoms with van der Waals surface area (Å²) in [5.74, 6) is -4.74. The summed E-state index contributed by atoms with van der Waals surface area (Å²) >= 11 is 0. The molecule has 5 N–H and O–H groups in total. The number of nitrogens with two attached hydrogens (primary N) is 2. The molecule has 0 aliphatic carbocycles. The molecule has 0 aliphatic rings. The van der Waals surface area contributed by atoms with Crippen molar-refractivity contribution in [3.8, 4) is 28.6 Å². The quantitative estimate of drug-likeness (QED) is 0.461. The second kappa shape index (κ2) is 9.40. The van der Waals surface area contributed by atoms with Crippen molar-refractivity contribution in [1.29, 1.82) is 0 Å². The molecule has 0 amide bonds. The summed E-state index contributed by atoms with van der Waals surface area (Å²) in [5.41, 5.74) is 14.3. The second-order valence-corrected chi connectivity index (χ2v) is 6.67. The van der Waals surface area contributed by atoms with Gasteiger partial charge in [-0.05, 0) is 41.3 Å². The summed E-state index contributed by atoms with van der Waals surface area (Å²) in [6.45, 7) is 1.91. The molecule has 3 rings (SSSR count). The average Bonchev–Trinajstić information content (AvgIpc) is 2.75. The van der Waals surface area contributed by atoms with Gasteiger partial charge in [-0.2, -0.15) is 4.98 Å². The van der Waals surface area contributed by atoms with Crippen molar-refractivity contribution in [3.05, 3.63) is 65.7 Å². The van der Waals surface area contributed by atoms with Gasteiger partial charge in [0.15, 0.2) is 23.5 Å². The number of hydrogen-bond donors (Lipinski definition) is 3. The third-order valence-corrected chi connectivity index (χ3v) is 4.48. The van der Waals surface area contributed by atoms with Gasteiger partial charge < -0.3 is 26.0 Å².